The number of hydrogen-bond acceptors (Lipinski definition) is 3. The summed E-state index contributed by atoms with van der Waals surface area (Å²) in [7, 11) is 1.60. The monoisotopic (exact) mass is 367 g/mol. The molecule has 21 heavy (non-hydrogen) atoms. The standard InChI is InChI=1S/C16H15BrClNO2/c1-20-15-4-2-9(6-12(15)18)16-8-13(19)11-7-10(17)3-5-14(11)21-16/h2-7,13,16H,8,19H2,1H3. The Labute approximate surface area is 137 Å². The van der Waals surface area contributed by atoms with E-state index in [1.807, 2.05) is 36.4 Å². The second-order valence-corrected chi connectivity index (χ2v) is 6.35. The Balaban J connectivity index is 1.92. The van der Waals surface area contributed by atoms with Gasteiger partial charge in [0.15, 0.2) is 0 Å². The van der Waals surface area contributed by atoms with Crippen molar-refractivity contribution in [2.24, 2.45) is 5.73 Å². The average Bonchev–Trinajstić information content (AvgIpc) is 2.47. The first kappa shape index (κ1) is 14.7. The summed E-state index contributed by atoms with van der Waals surface area (Å²) in [5.41, 5.74) is 8.31. The summed E-state index contributed by atoms with van der Waals surface area (Å²) >= 11 is 9.65. The molecule has 2 atom stereocenters. The zero-order valence-corrected chi connectivity index (χ0v) is 13.8. The van der Waals surface area contributed by atoms with Gasteiger partial charge in [0.05, 0.1) is 12.1 Å². The molecule has 2 aromatic rings. The van der Waals surface area contributed by atoms with E-state index in [-0.39, 0.29) is 12.1 Å². The van der Waals surface area contributed by atoms with Crippen molar-refractivity contribution in [3.63, 3.8) is 0 Å². The van der Waals surface area contributed by atoms with Gasteiger partial charge in [0.25, 0.3) is 0 Å². The Hall–Kier alpha value is -1.23. The van der Waals surface area contributed by atoms with E-state index in [9.17, 15) is 0 Å². The molecule has 0 aliphatic carbocycles. The third-order valence-electron chi connectivity index (χ3n) is 3.66. The van der Waals surface area contributed by atoms with E-state index in [4.69, 9.17) is 26.8 Å². The van der Waals surface area contributed by atoms with Crippen molar-refractivity contribution in [1.82, 2.24) is 0 Å². The van der Waals surface area contributed by atoms with Gasteiger partial charge in [-0.05, 0) is 35.9 Å². The molecule has 0 saturated heterocycles. The van der Waals surface area contributed by atoms with Gasteiger partial charge in [-0.1, -0.05) is 33.6 Å². The van der Waals surface area contributed by atoms with Crippen molar-refractivity contribution < 1.29 is 9.47 Å². The molecule has 2 aromatic carbocycles. The van der Waals surface area contributed by atoms with Gasteiger partial charge in [-0.3, -0.25) is 0 Å². The van der Waals surface area contributed by atoms with Crippen LogP contribution in [0.3, 0.4) is 0 Å². The molecule has 3 rings (SSSR count). The van der Waals surface area contributed by atoms with Crippen LogP contribution in [0.4, 0.5) is 0 Å². The zero-order chi connectivity index (χ0) is 15.0. The first-order valence-electron chi connectivity index (χ1n) is 6.63. The molecule has 2 unspecified atom stereocenters. The fourth-order valence-electron chi connectivity index (χ4n) is 2.56. The zero-order valence-electron chi connectivity index (χ0n) is 11.5. The van der Waals surface area contributed by atoms with Gasteiger partial charge in [-0.15, -0.1) is 0 Å². The molecule has 0 fully saturated rings. The predicted molar refractivity (Wildman–Crippen MR) is 87.1 cm³/mol. The molecule has 0 aromatic heterocycles. The lowest BCUT2D eigenvalue weighted by Gasteiger charge is -2.31. The quantitative estimate of drug-likeness (QED) is 0.840. The van der Waals surface area contributed by atoms with E-state index in [1.165, 1.54) is 0 Å². The van der Waals surface area contributed by atoms with Crippen LogP contribution < -0.4 is 15.2 Å². The minimum atomic E-state index is -0.0999. The lowest BCUT2D eigenvalue weighted by Crippen LogP contribution is -2.24. The smallest absolute Gasteiger partial charge is 0.137 e. The van der Waals surface area contributed by atoms with E-state index < -0.39 is 0 Å². The van der Waals surface area contributed by atoms with Gasteiger partial charge in [0.2, 0.25) is 0 Å². The molecule has 0 bridgehead atoms. The molecular weight excluding hydrogens is 354 g/mol. The second-order valence-electron chi connectivity index (χ2n) is 5.02. The van der Waals surface area contributed by atoms with Gasteiger partial charge in [0.1, 0.15) is 17.6 Å². The summed E-state index contributed by atoms with van der Waals surface area (Å²) in [5, 5.41) is 0.578. The van der Waals surface area contributed by atoms with Gasteiger partial charge >= 0.3 is 0 Å². The number of halogens is 2. The molecule has 0 radical (unpaired) electrons. The van der Waals surface area contributed by atoms with Crippen molar-refractivity contribution in [2.45, 2.75) is 18.6 Å². The third kappa shape index (κ3) is 2.89. The Bertz CT molecular complexity index is 677. The van der Waals surface area contributed by atoms with Gasteiger partial charge in [-0.25, -0.2) is 0 Å². The number of ether oxygens (including phenoxy) is 2. The summed E-state index contributed by atoms with van der Waals surface area (Å²) in [6, 6.07) is 11.5. The largest absolute Gasteiger partial charge is 0.495 e. The lowest BCUT2D eigenvalue weighted by atomic mass is 9.93. The Morgan fingerprint density at radius 3 is 2.81 bits per heavy atom. The normalized spacial score (nSPS) is 20.6. The van der Waals surface area contributed by atoms with E-state index in [0.29, 0.717) is 17.2 Å². The van der Waals surface area contributed by atoms with Crippen LogP contribution in [0, 0.1) is 0 Å². The molecule has 3 nitrogen and oxygen atoms in total. The molecule has 0 amide bonds. The van der Waals surface area contributed by atoms with Crippen LogP contribution >= 0.6 is 27.5 Å². The second kappa shape index (κ2) is 5.87. The van der Waals surface area contributed by atoms with Crippen molar-refractivity contribution >= 4 is 27.5 Å². The Kier molecular flexibility index (Phi) is 4.11. The summed E-state index contributed by atoms with van der Waals surface area (Å²) in [4.78, 5) is 0. The van der Waals surface area contributed by atoms with Crippen molar-refractivity contribution in [3.05, 3.63) is 57.0 Å². The van der Waals surface area contributed by atoms with Crippen molar-refractivity contribution in [1.29, 1.82) is 0 Å². The van der Waals surface area contributed by atoms with Crippen molar-refractivity contribution in [3.8, 4) is 11.5 Å². The molecule has 1 aliphatic rings. The maximum atomic E-state index is 6.28. The molecule has 0 saturated carbocycles. The summed E-state index contributed by atoms with van der Waals surface area (Å²) in [6.07, 6.45) is 0.614. The highest BCUT2D eigenvalue weighted by Gasteiger charge is 2.27. The average molecular weight is 369 g/mol. The van der Waals surface area contributed by atoms with Crippen LogP contribution in [0.25, 0.3) is 0 Å². The highest BCUT2D eigenvalue weighted by molar-refractivity contribution is 9.10. The molecule has 0 spiro atoms. The van der Waals surface area contributed by atoms with Crippen LogP contribution in [0.2, 0.25) is 5.02 Å². The van der Waals surface area contributed by atoms with E-state index >= 15 is 0 Å². The highest BCUT2D eigenvalue weighted by atomic mass is 79.9. The predicted octanol–water partition coefficient (Wildman–Crippen LogP) is 4.63. The number of nitrogens with two attached hydrogens (primary N) is 1. The van der Waals surface area contributed by atoms with E-state index in [1.54, 1.807) is 7.11 Å². The Morgan fingerprint density at radius 2 is 2.10 bits per heavy atom. The number of methoxy groups -OCH3 is 1. The van der Waals surface area contributed by atoms with Crippen molar-refractivity contribution in [2.75, 3.05) is 7.11 Å². The lowest BCUT2D eigenvalue weighted by molar-refractivity contribution is 0.161. The maximum Gasteiger partial charge on any atom is 0.137 e. The van der Waals surface area contributed by atoms with E-state index in [2.05, 4.69) is 15.9 Å². The first-order chi connectivity index (χ1) is 10.1. The number of benzene rings is 2. The first-order valence-corrected chi connectivity index (χ1v) is 7.80. The molecular formula is C16H15BrClNO2. The molecule has 1 aliphatic heterocycles. The van der Waals surface area contributed by atoms with Gasteiger partial charge < -0.3 is 15.2 Å². The minimum Gasteiger partial charge on any atom is -0.495 e. The van der Waals surface area contributed by atoms with Crippen LogP contribution in [-0.4, -0.2) is 7.11 Å². The number of hydrogen-bond donors (Lipinski definition) is 1. The Morgan fingerprint density at radius 1 is 1.29 bits per heavy atom. The maximum absolute atomic E-state index is 6.28. The van der Waals surface area contributed by atoms with Crippen LogP contribution in [0.1, 0.15) is 29.7 Å². The molecule has 110 valence electrons. The summed E-state index contributed by atoms with van der Waals surface area (Å²) in [6.45, 7) is 0. The van der Waals surface area contributed by atoms with Gasteiger partial charge in [0, 0.05) is 22.5 Å². The molecule has 5 heteroatoms. The fraction of sp³-hybridized carbons (Fsp3) is 0.250. The number of fused-ring (bicyclic) bond motifs is 1. The SMILES string of the molecule is COc1ccc(C2CC(N)c3cc(Br)ccc3O2)cc1Cl. The van der Waals surface area contributed by atoms with Crippen LogP contribution in [0.5, 0.6) is 11.5 Å². The molecule has 2 N–H and O–H groups in total. The number of rotatable bonds is 2. The minimum absolute atomic E-state index is 0.0582. The molecule has 1 heterocycles. The van der Waals surface area contributed by atoms with Gasteiger partial charge in [-0.2, -0.15) is 0 Å². The fourth-order valence-corrected chi connectivity index (χ4v) is 3.21. The highest BCUT2D eigenvalue weighted by Crippen LogP contribution is 2.41. The summed E-state index contributed by atoms with van der Waals surface area (Å²) in [5.74, 6) is 1.48. The van der Waals surface area contributed by atoms with E-state index in [0.717, 1.165) is 21.3 Å². The topological polar surface area (TPSA) is 44.5 Å². The van der Waals surface area contributed by atoms with Crippen LogP contribution in [0.15, 0.2) is 40.9 Å². The summed E-state index contributed by atoms with van der Waals surface area (Å²) < 4.78 is 12.3. The third-order valence-corrected chi connectivity index (χ3v) is 4.44. The van der Waals surface area contributed by atoms with Crippen LogP contribution in [-0.2, 0) is 0 Å².